The van der Waals surface area contributed by atoms with Crippen molar-refractivity contribution in [2.45, 2.75) is 6.42 Å². The zero-order valence-corrected chi connectivity index (χ0v) is 9.65. The molecule has 16 heavy (non-hydrogen) atoms. The third-order valence-corrected chi connectivity index (χ3v) is 2.75. The van der Waals surface area contributed by atoms with Crippen molar-refractivity contribution in [3.05, 3.63) is 18.0 Å². The maximum atomic E-state index is 5.31. The van der Waals surface area contributed by atoms with Crippen LogP contribution in [0.15, 0.2) is 12.4 Å². The van der Waals surface area contributed by atoms with Crippen molar-refractivity contribution in [3.63, 3.8) is 0 Å². The lowest BCUT2D eigenvalue weighted by Crippen LogP contribution is -2.37. The summed E-state index contributed by atoms with van der Waals surface area (Å²) in [6, 6.07) is 0. The lowest BCUT2D eigenvalue weighted by Gasteiger charge is -2.26. The van der Waals surface area contributed by atoms with Gasteiger partial charge in [-0.1, -0.05) is 0 Å². The van der Waals surface area contributed by atoms with Gasteiger partial charge in [-0.25, -0.2) is 9.97 Å². The molecule has 5 heteroatoms. The molecule has 1 aliphatic heterocycles. The highest BCUT2D eigenvalue weighted by atomic mass is 16.5. The number of ether oxygens (including phenoxy) is 1. The van der Waals surface area contributed by atoms with Crippen molar-refractivity contribution in [2.75, 3.05) is 45.2 Å². The molecule has 2 rings (SSSR count). The van der Waals surface area contributed by atoms with Gasteiger partial charge in [0.2, 0.25) is 5.95 Å². The normalized spacial score (nSPS) is 17.3. The van der Waals surface area contributed by atoms with Crippen LogP contribution in [0.25, 0.3) is 0 Å². The van der Waals surface area contributed by atoms with Crippen molar-refractivity contribution >= 4 is 5.95 Å². The maximum Gasteiger partial charge on any atom is 0.222 e. The fourth-order valence-electron chi connectivity index (χ4n) is 1.72. The summed E-state index contributed by atoms with van der Waals surface area (Å²) in [6.07, 6.45) is 4.78. The van der Waals surface area contributed by atoms with Gasteiger partial charge in [0, 0.05) is 39.1 Å². The Kier molecular flexibility index (Phi) is 4.07. The Bertz CT molecular complexity index is 308. The van der Waals surface area contributed by atoms with E-state index in [1.807, 2.05) is 19.4 Å². The van der Waals surface area contributed by atoms with Crippen molar-refractivity contribution in [1.29, 1.82) is 0 Å². The second kappa shape index (κ2) is 5.77. The molecule has 0 saturated carbocycles. The smallest absolute Gasteiger partial charge is 0.222 e. The summed E-state index contributed by atoms with van der Waals surface area (Å²) < 4.78 is 5.31. The van der Waals surface area contributed by atoms with Crippen LogP contribution < -0.4 is 5.32 Å². The van der Waals surface area contributed by atoms with Crippen LogP contribution in [-0.4, -0.2) is 54.8 Å². The number of hydrogen-bond acceptors (Lipinski definition) is 5. The average Bonchev–Trinajstić information content (AvgIpc) is 2.38. The van der Waals surface area contributed by atoms with Crippen LogP contribution in [-0.2, 0) is 11.2 Å². The molecule has 88 valence electrons. The molecule has 0 amide bonds. The molecular weight excluding hydrogens is 204 g/mol. The summed E-state index contributed by atoms with van der Waals surface area (Å²) in [4.78, 5) is 10.8. The third-order valence-electron chi connectivity index (χ3n) is 2.75. The van der Waals surface area contributed by atoms with Gasteiger partial charge in [-0.2, -0.15) is 0 Å². The summed E-state index contributed by atoms with van der Waals surface area (Å²) >= 11 is 0. The standard InChI is InChI=1S/C11H18N4O/c1-12-11-13-8-10(9-14-11)2-3-15-4-6-16-7-5-15/h8-9H,2-7H2,1H3,(H,12,13,14). The topological polar surface area (TPSA) is 50.3 Å². The number of rotatable bonds is 4. The van der Waals surface area contributed by atoms with Gasteiger partial charge in [-0.3, -0.25) is 4.90 Å². The van der Waals surface area contributed by atoms with E-state index < -0.39 is 0 Å². The largest absolute Gasteiger partial charge is 0.379 e. The summed E-state index contributed by atoms with van der Waals surface area (Å²) in [5.41, 5.74) is 1.19. The van der Waals surface area contributed by atoms with Gasteiger partial charge < -0.3 is 10.1 Å². The molecule has 2 heterocycles. The second-order valence-electron chi connectivity index (χ2n) is 3.87. The van der Waals surface area contributed by atoms with Crippen LogP contribution in [0.1, 0.15) is 5.56 Å². The lowest BCUT2D eigenvalue weighted by atomic mass is 10.2. The Morgan fingerprint density at radius 3 is 2.62 bits per heavy atom. The first-order valence-electron chi connectivity index (χ1n) is 5.67. The first-order valence-corrected chi connectivity index (χ1v) is 5.67. The molecule has 0 bridgehead atoms. The van der Waals surface area contributed by atoms with E-state index in [0.717, 1.165) is 39.3 Å². The maximum absolute atomic E-state index is 5.31. The zero-order chi connectivity index (χ0) is 11.2. The Labute approximate surface area is 95.8 Å². The first kappa shape index (κ1) is 11.3. The Morgan fingerprint density at radius 2 is 2.00 bits per heavy atom. The van der Waals surface area contributed by atoms with E-state index in [1.54, 1.807) is 0 Å². The molecule has 0 aromatic carbocycles. The quantitative estimate of drug-likeness (QED) is 0.799. The molecule has 0 spiro atoms. The van der Waals surface area contributed by atoms with Crippen LogP contribution in [0.3, 0.4) is 0 Å². The number of hydrogen-bond donors (Lipinski definition) is 1. The highest BCUT2D eigenvalue weighted by Crippen LogP contribution is 2.03. The number of anilines is 1. The van der Waals surface area contributed by atoms with Gasteiger partial charge in [0.25, 0.3) is 0 Å². The number of aromatic nitrogens is 2. The van der Waals surface area contributed by atoms with Crippen LogP contribution in [0, 0.1) is 0 Å². The van der Waals surface area contributed by atoms with Crippen LogP contribution in [0.4, 0.5) is 5.95 Å². The van der Waals surface area contributed by atoms with Crippen molar-refractivity contribution < 1.29 is 4.74 Å². The van der Waals surface area contributed by atoms with Gasteiger partial charge in [-0.15, -0.1) is 0 Å². The molecule has 0 aliphatic carbocycles. The molecule has 1 aromatic rings. The highest BCUT2D eigenvalue weighted by Gasteiger charge is 2.09. The molecule has 0 radical (unpaired) electrons. The fraction of sp³-hybridized carbons (Fsp3) is 0.636. The van der Waals surface area contributed by atoms with Crippen LogP contribution >= 0.6 is 0 Å². The predicted molar refractivity (Wildman–Crippen MR) is 62.5 cm³/mol. The predicted octanol–water partition coefficient (Wildman–Crippen LogP) is 0.393. The van der Waals surface area contributed by atoms with Crippen molar-refractivity contribution in [3.8, 4) is 0 Å². The van der Waals surface area contributed by atoms with E-state index in [4.69, 9.17) is 4.74 Å². The minimum atomic E-state index is 0.676. The monoisotopic (exact) mass is 222 g/mol. The average molecular weight is 222 g/mol. The molecule has 0 unspecified atom stereocenters. The summed E-state index contributed by atoms with van der Waals surface area (Å²) in [6.45, 7) is 4.85. The van der Waals surface area contributed by atoms with Gasteiger partial charge >= 0.3 is 0 Å². The summed E-state index contributed by atoms with van der Waals surface area (Å²) in [5, 5.41) is 2.91. The van der Waals surface area contributed by atoms with E-state index in [-0.39, 0.29) is 0 Å². The lowest BCUT2D eigenvalue weighted by molar-refractivity contribution is 0.0384. The minimum Gasteiger partial charge on any atom is -0.379 e. The molecule has 1 aromatic heterocycles. The Morgan fingerprint density at radius 1 is 1.31 bits per heavy atom. The van der Waals surface area contributed by atoms with Crippen LogP contribution in [0.2, 0.25) is 0 Å². The third kappa shape index (κ3) is 3.15. The summed E-state index contributed by atoms with van der Waals surface area (Å²) in [7, 11) is 1.82. The Hall–Kier alpha value is -1.20. The molecular formula is C11H18N4O. The minimum absolute atomic E-state index is 0.676. The van der Waals surface area contributed by atoms with E-state index in [2.05, 4.69) is 20.2 Å². The van der Waals surface area contributed by atoms with E-state index in [0.29, 0.717) is 5.95 Å². The molecule has 0 atom stereocenters. The highest BCUT2D eigenvalue weighted by molar-refractivity contribution is 5.23. The van der Waals surface area contributed by atoms with Gasteiger partial charge in [0.05, 0.1) is 13.2 Å². The van der Waals surface area contributed by atoms with Crippen molar-refractivity contribution in [1.82, 2.24) is 14.9 Å². The van der Waals surface area contributed by atoms with Gasteiger partial charge in [-0.05, 0) is 12.0 Å². The van der Waals surface area contributed by atoms with E-state index >= 15 is 0 Å². The van der Waals surface area contributed by atoms with Gasteiger partial charge in [0.15, 0.2) is 0 Å². The van der Waals surface area contributed by atoms with Crippen molar-refractivity contribution in [2.24, 2.45) is 0 Å². The molecule has 1 aliphatic rings. The van der Waals surface area contributed by atoms with Gasteiger partial charge in [0.1, 0.15) is 0 Å². The number of nitrogens with zero attached hydrogens (tertiary/aromatic N) is 3. The Balaban J connectivity index is 1.79. The summed E-state index contributed by atoms with van der Waals surface area (Å²) in [5.74, 6) is 0.676. The van der Waals surface area contributed by atoms with Crippen LogP contribution in [0.5, 0.6) is 0 Å². The number of morpholine rings is 1. The van der Waals surface area contributed by atoms with E-state index in [1.165, 1.54) is 5.56 Å². The molecule has 1 saturated heterocycles. The molecule has 1 N–H and O–H groups in total. The SMILES string of the molecule is CNc1ncc(CCN2CCOCC2)cn1. The second-order valence-corrected chi connectivity index (χ2v) is 3.87. The number of nitrogens with one attached hydrogen (secondary N) is 1. The molecule has 5 nitrogen and oxygen atoms in total. The first-order chi connectivity index (χ1) is 7.88. The fourth-order valence-corrected chi connectivity index (χ4v) is 1.72. The van der Waals surface area contributed by atoms with E-state index in [9.17, 15) is 0 Å². The molecule has 1 fully saturated rings. The zero-order valence-electron chi connectivity index (χ0n) is 9.65.